The molecule has 10 nitrogen and oxygen atoms in total. The van der Waals surface area contributed by atoms with Gasteiger partial charge in [-0.15, -0.1) is 0 Å². The van der Waals surface area contributed by atoms with Crippen molar-refractivity contribution in [3.8, 4) is 5.75 Å². The number of nitrogens with one attached hydrogen (secondary N) is 1. The van der Waals surface area contributed by atoms with Gasteiger partial charge in [-0.1, -0.05) is 29.8 Å². The van der Waals surface area contributed by atoms with Gasteiger partial charge in [0.25, 0.3) is 21.8 Å². The summed E-state index contributed by atoms with van der Waals surface area (Å²) in [7, 11) is -4.46. The third kappa shape index (κ3) is 8.46. The van der Waals surface area contributed by atoms with E-state index in [9.17, 15) is 31.2 Å². The first-order chi connectivity index (χ1) is 20.4. The first-order valence-electron chi connectivity index (χ1n) is 12.8. The van der Waals surface area contributed by atoms with E-state index in [1.807, 2.05) is 0 Å². The predicted octanol–water partition coefficient (Wildman–Crippen LogP) is 3.94. The van der Waals surface area contributed by atoms with Crippen molar-refractivity contribution in [2.24, 2.45) is 5.10 Å². The molecule has 3 aromatic rings. The van der Waals surface area contributed by atoms with E-state index in [0.29, 0.717) is 48.0 Å². The zero-order valence-electron chi connectivity index (χ0n) is 22.5. The third-order valence-electron chi connectivity index (χ3n) is 6.17. The molecule has 228 valence electrons. The highest BCUT2D eigenvalue weighted by Crippen LogP contribution is 2.38. The summed E-state index contributed by atoms with van der Waals surface area (Å²) in [5.74, 6) is -0.639. The number of morpholine rings is 1. The Labute approximate surface area is 250 Å². The Morgan fingerprint density at radius 3 is 2.37 bits per heavy atom. The number of halogens is 4. The molecular formula is C28H26ClF3N4O6S. The summed E-state index contributed by atoms with van der Waals surface area (Å²) in [6, 6.07) is 15.9. The number of hydrogen-bond donors (Lipinski definition) is 1. The molecule has 0 bridgehead atoms. The number of anilines is 1. The Morgan fingerprint density at radius 2 is 1.72 bits per heavy atom. The van der Waals surface area contributed by atoms with Crippen molar-refractivity contribution >= 4 is 45.3 Å². The van der Waals surface area contributed by atoms with E-state index in [1.54, 1.807) is 35.2 Å². The first kappa shape index (κ1) is 31.8. The molecule has 0 atom stereocenters. The lowest BCUT2D eigenvalue weighted by atomic mass is 10.2. The minimum Gasteiger partial charge on any atom is -0.484 e. The highest BCUT2D eigenvalue weighted by atomic mass is 35.5. The fourth-order valence-corrected chi connectivity index (χ4v) is 5.62. The number of carbonyl (C=O) groups excluding carboxylic acids is 2. The van der Waals surface area contributed by atoms with Crippen LogP contribution in [0, 0.1) is 0 Å². The Bertz CT molecular complexity index is 1570. The summed E-state index contributed by atoms with van der Waals surface area (Å²) in [6.07, 6.45) is -3.58. The summed E-state index contributed by atoms with van der Waals surface area (Å²) >= 11 is 5.71. The number of amides is 2. The van der Waals surface area contributed by atoms with Crippen molar-refractivity contribution in [1.82, 2.24) is 10.3 Å². The Kier molecular flexibility index (Phi) is 10.3. The Hall–Kier alpha value is -4.14. The highest BCUT2D eigenvalue weighted by Gasteiger charge is 2.35. The number of nitrogens with zero attached hydrogens (tertiary/aromatic N) is 3. The second-order valence-electron chi connectivity index (χ2n) is 9.13. The van der Waals surface area contributed by atoms with Crippen molar-refractivity contribution in [2.45, 2.75) is 11.1 Å². The quantitative estimate of drug-likeness (QED) is 0.266. The molecule has 0 spiro atoms. The van der Waals surface area contributed by atoms with Crippen LogP contribution in [0.25, 0.3) is 0 Å². The van der Waals surface area contributed by atoms with Gasteiger partial charge in [0.05, 0.1) is 40.6 Å². The van der Waals surface area contributed by atoms with Crippen molar-refractivity contribution in [2.75, 3.05) is 43.8 Å². The van der Waals surface area contributed by atoms with Gasteiger partial charge < -0.3 is 14.4 Å². The van der Waals surface area contributed by atoms with Crippen LogP contribution < -0.4 is 14.5 Å². The van der Waals surface area contributed by atoms with Gasteiger partial charge in [-0.2, -0.15) is 18.3 Å². The Balaban J connectivity index is 1.43. The van der Waals surface area contributed by atoms with Gasteiger partial charge in [-0.25, -0.2) is 13.8 Å². The molecule has 0 aromatic heterocycles. The van der Waals surface area contributed by atoms with E-state index in [1.165, 1.54) is 30.5 Å². The molecule has 0 aliphatic carbocycles. The van der Waals surface area contributed by atoms with Crippen LogP contribution >= 0.6 is 11.6 Å². The molecule has 1 fully saturated rings. The lowest BCUT2D eigenvalue weighted by molar-refractivity contribution is -0.138. The fourth-order valence-electron chi connectivity index (χ4n) is 3.96. The minimum atomic E-state index is -4.86. The molecule has 0 saturated carbocycles. The van der Waals surface area contributed by atoms with Crippen molar-refractivity contribution in [1.29, 1.82) is 0 Å². The maximum Gasteiger partial charge on any atom is 0.417 e. The van der Waals surface area contributed by atoms with Crippen LogP contribution in [0.15, 0.2) is 82.8 Å². The van der Waals surface area contributed by atoms with E-state index >= 15 is 0 Å². The van der Waals surface area contributed by atoms with Crippen LogP contribution in [0.1, 0.15) is 11.1 Å². The zero-order chi connectivity index (χ0) is 31.0. The summed E-state index contributed by atoms with van der Waals surface area (Å²) < 4.78 is 78.6. The largest absolute Gasteiger partial charge is 0.484 e. The molecule has 1 heterocycles. The zero-order valence-corrected chi connectivity index (χ0v) is 24.0. The van der Waals surface area contributed by atoms with Crippen LogP contribution in [-0.2, 0) is 30.5 Å². The van der Waals surface area contributed by atoms with E-state index in [4.69, 9.17) is 21.1 Å². The van der Waals surface area contributed by atoms with Gasteiger partial charge in [0.1, 0.15) is 12.3 Å². The molecule has 4 rings (SSSR count). The number of alkyl halides is 3. The third-order valence-corrected chi connectivity index (χ3v) is 8.29. The minimum absolute atomic E-state index is 0.135. The average Bonchev–Trinajstić information content (AvgIpc) is 3.00. The molecule has 1 N–H and O–H groups in total. The molecule has 2 amide bonds. The molecule has 1 saturated heterocycles. The topological polar surface area (TPSA) is 118 Å². The summed E-state index contributed by atoms with van der Waals surface area (Å²) in [6.45, 7) is 0.969. The summed E-state index contributed by atoms with van der Waals surface area (Å²) in [4.78, 5) is 26.4. The lowest BCUT2D eigenvalue weighted by Gasteiger charge is -2.26. The van der Waals surface area contributed by atoms with Crippen molar-refractivity contribution in [3.05, 3.63) is 88.9 Å². The molecule has 15 heteroatoms. The second kappa shape index (κ2) is 13.9. The lowest BCUT2D eigenvalue weighted by Crippen LogP contribution is -2.42. The van der Waals surface area contributed by atoms with Gasteiger partial charge in [0, 0.05) is 13.1 Å². The predicted molar refractivity (Wildman–Crippen MR) is 153 cm³/mol. The number of benzene rings is 3. The molecular weight excluding hydrogens is 613 g/mol. The Morgan fingerprint density at radius 1 is 1.05 bits per heavy atom. The maximum atomic E-state index is 13.5. The van der Waals surface area contributed by atoms with Gasteiger partial charge in [-0.05, 0) is 60.2 Å². The van der Waals surface area contributed by atoms with Crippen molar-refractivity contribution < 1.29 is 40.7 Å². The maximum absolute atomic E-state index is 13.5. The average molecular weight is 639 g/mol. The summed E-state index contributed by atoms with van der Waals surface area (Å²) in [5.41, 5.74) is 1.05. The van der Waals surface area contributed by atoms with Crippen LogP contribution in [0.4, 0.5) is 18.9 Å². The van der Waals surface area contributed by atoms with Gasteiger partial charge in [-0.3, -0.25) is 13.9 Å². The molecule has 3 aromatic carbocycles. The van der Waals surface area contributed by atoms with Gasteiger partial charge in [0.15, 0.2) is 6.61 Å². The van der Waals surface area contributed by atoms with E-state index in [-0.39, 0.29) is 17.4 Å². The number of ether oxygens (including phenoxy) is 2. The highest BCUT2D eigenvalue weighted by molar-refractivity contribution is 7.92. The number of rotatable bonds is 10. The monoisotopic (exact) mass is 638 g/mol. The molecule has 1 aliphatic heterocycles. The van der Waals surface area contributed by atoms with Crippen LogP contribution in [0.2, 0.25) is 5.02 Å². The standard InChI is InChI=1S/C28H26ClF3N4O6S/c29-25-11-8-21(16-24(25)28(30,31)32)36(43(39,40)23-4-2-1-3-5-23)18-26(37)34-33-17-20-6-9-22(10-7-20)42-19-27(38)35-12-14-41-15-13-35/h1-11,16-17H,12-15,18-19H2,(H,34,37)/b33-17-. The second-order valence-corrected chi connectivity index (χ2v) is 11.4. The molecule has 1 aliphatic rings. The van der Waals surface area contributed by atoms with E-state index in [0.717, 1.165) is 12.1 Å². The number of hydrogen-bond acceptors (Lipinski definition) is 7. The van der Waals surface area contributed by atoms with Crippen LogP contribution in [-0.4, -0.2) is 70.8 Å². The SMILES string of the molecule is O=C(CN(c1ccc(Cl)c(C(F)(F)F)c1)S(=O)(=O)c1ccccc1)N/N=C\c1ccc(OCC(=O)N2CCOCC2)cc1. The molecule has 0 unspecified atom stereocenters. The summed E-state index contributed by atoms with van der Waals surface area (Å²) in [5, 5.41) is 3.20. The fraction of sp³-hybridized carbons (Fsp3) is 0.250. The molecule has 0 radical (unpaired) electrons. The van der Waals surface area contributed by atoms with Crippen LogP contribution in [0.5, 0.6) is 5.75 Å². The molecule has 43 heavy (non-hydrogen) atoms. The van der Waals surface area contributed by atoms with Crippen LogP contribution in [0.3, 0.4) is 0 Å². The van der Waals surface area contributed by atoms with E-state index in [2.05, 4.69) is 10.5 Å². The van der Waals surface area contributed by atoms with Crippen molar-refractivity contribution in [3.63, 3.8) is 0 Å². The van der Waals surface area contributed by atoms with E-state index < -0.39 is 44.9 Å². The van der Waals surface area contributed by atoms with Gasteiger partial charge >= 0.3 is 6.18 Å². The number of sulfonamides is 1. The van der Waals surface area contributed by atoms with Gasteiger partial charge in [0.2, 0.25) is 0 Å². The number of carbonyl (C=O) groups is 2. The normalized spacial score (nSPS) is 14.0. The smallest absolute Gasteiger partial charge is 0.417 e. The number of hydrazone groups is 1. The first-order valence-corrected chi connectivity index (χ1v) is 14.6.